The van der Waals surface area contributed by atoms with Gasteiger partial charge in [0.05, 0.1) is 10.6 Å². The number of nitrogens with one attached hydrogen (secondary N) is 1. The number of carbonyl (C=O) groups is 1. The van der Waals surface area contributed by atoms with Gasteiger partial charge in [-0.25, -0.2) is 9.66 Å². The van der Waals surface area contributed by atoms with E-state index in [-0.39, 0.29) is 10.9 Å². The van der Waals surface area contributed by atoms with Crippen LogP contribution in [0.4, 0.5) is 0 Å². The summed E-state index contributed by atoms with van der Waals surface area (Å²) < 4.78 is 1.97. The lowest BCUT2D eigenvalue weighted by Crippen LogP contribution is -2.25. The Labute approximate surface area is 147 Å². The van der Waals surface area contributed by atoms with E-state index in [9.17, 15) is 4.79 Å². The first-order valence-electron chi connectivity index (χ1n) is 6.71. The number of aryl methyl sites for hydroxylation is 1. The smallest absolute Gasteiger partial charge is 0.267 e. The maximum absolute atomic E-state index is 12.5. The zero-order chi connectivity index (χ0) is 16.6. The molecular weight excluding hydrogens is 353 g/mol. The number of hydrogen-bond acceptors (Lipinski definition) is 3. The van der Waals surface area contributed by atoms with Crippen LogP contribution in [0.3, 0.4) is 0 Å². The lowest BCUT2D eigenvalue weighted by Gasteiger charge is -2.14. The number of hydrogen-bond donors (Lipinski definition) is 1. The first kappa shape index (κ1) is 15.9. The Morgan fingerprint density at radius 1 is 1.26 bits per heavy atom. The number of aromatic nitrogens is 2. The molecule has 3 aromatic rings. The molecule has 23 heavy (non-hydrogen) atoms. The van der Waals surface area contributed by atoms with Crippen LogP contribution in [-0.4, -0.2) is 15.6 Å². The largest absolute Gasteiger partial charge is 0.271 e. The van der Waals surface area contributed by atoms with Gasteiger partial charge in [-0.15, -0.1) is 0 Å². The Morgan fingerprint density at radius 3 is 2.78 bits per heavy atom. The molecule has 0 radical (unpaired) electrons. The van der Waals surface area contributed by atoms with Gasteiger partial charge in [0.2, 0.25) is 0 Å². The van der Waals surface area contributed by atoms with E-state index >= 15 is 0 Å². The van der Waals surface area contributed by atoms with Crippen molar-refractivity contribution in [1.29, 1.82) is 0 Å². The standard InChI is InChI=1S/C16H11Cl2N3OS/c1-9-7-10-3-2-6-19-14(10)21(16(9)23)20-15(22)12-5-4-11(17)8-13(12)18/h2-8H,1H3,(H,20,22). The van der Waals surface area contributed by atoms with Crippen LogP contribution in [0.5, 0.6) is 0 Å². The lowest BCUT2D eigenvalue weighted by atomic mass is 10.2. The van der Waals surface area contributed by atoms with E-state index in [2.05, 4.69) is 10.4 Å². The quantitative estimate of drug-likeness (QED) is 0.667. The zero-order valence-corrected chi connectivity index (χ0v) is 14.3. The molecule has 0 unspecified atom stereocenters. The number of halogens is 2. The average Bonchev–Trinajstić information content (AvgIpc) is 2.51. The van der Waals surface area contributed by atoms with Gasteiger partial charge in [0, 0.05) is 16.6 Å². The van der Waals surface area contributed by atoms with E-state index in [4.69, 9.17) is 35.4 Å². The second-order valence-electron chi connectivity index (χ2n) is 4.95. The monoisotopic (exact) mass is 363 g/mol. The van der Waals surface area contributed by atoms with Gasteiger partial charge >= 0.3 is 0 Å². The molecule has 0 bridgehead atoms. The molecule has 0 saturated carbocycles. The Bertz CT molecular complexity index is 985. The molecule has 2 heterocycles. The van der Waals surface area contributed by atoms with Gasteiger partial charge < -0.3 is 0 Å². The summed E-state index contributed by atoms with van der Waals surface area (Å²) in [4.78, 5) is 16.8. The maximum Gasteiger partial charge on any atom is 0.271 e. The van der Waals surface area contributed by atoms with Gasteiger partial charge in [0.1, 0.15) is 4.64 Å². The molecule has 1 aromatic carbocycles. The van der Waals surface area contributed by atoms with Crippen LogP contribution < -0.4 is 5.43 Å². The molecule has 0 fully saturated rings. The average molecular weight is 364 g/mol. The van der Waals surface area contributed by atoms with Crippen molar-refractivity contribution in [3.05, 3.63) is 68.4 Å². The van der Waals surface area contributed by atoms with Crippen LogP contribution in [0.1, 0.15) is 15.9 Å². The highest BCUT2D eigenvalue weighted by Crippen LogP contribution is 2.21. The molecule has 0 atom stereocenters. The number of pyridine rings is 2. The number of nitrogens with zero attached hydrogens (tertiary/aromatic N) is 2. The van der Waals surface area contributed by atoms with Crippen molar-refractivity contribution in [2.24, 2.45) is 0 Å². The fourth-order valence-corrected chi connectivity index (χ4v) is 2.90. The van der Waals surface area contributed by atoms with E-state index < -0.39 is 0 Å². The summed E-state index contributed by atoms with van der Waals surface area (Å²) in [7, 11) is 0. The Morgan fingerprint density at radius 2 is 2.04 bits per heavy atom. The molecule has 116 valence electrons. The number of rotatable bonds is 2. The predicted molar refractivity (Wildman–Crippen MR) is 95.5 cm³/mol. The number of amides is 1. The molecule has 4 nitrogen and oxygen atoms in total. The van der Waals surface area contributed by atoms with Crippen molar-refractivity contribution in [2.75, 3.05) is 5.43 Å². The molecule has 0 aliphatic rings. The first-order valence-corrected chi connectivity index (χ1v) is 7.87. The molecule has 1 amide bonds. The molecule has 0 spiro atoms. The molecular formula is C16H11Cl2N3OS. The van der Waals surface area contributed by atoms with Gasteiger partial charge in [-0.3, -0.25) is 10.2 Å². The van der Waals surface area contributed by atoms with Crippen LogP contribution in [0.15, 0.2) is 42.6 Å². The van der Waals surface area contributed by atoms with E-state index in [0.29, 0.717) is 20.9 Å². The third kappa shape index (κ3) is 3.08. The highest BCUT2D eigenvalue weighted by molar-refractivity contribution is 7.71. The minimum absolute atomic E-state index is 0.270. The van der Waals surface area contributed by atoms with Crippen LogP contribution in [0.2, 0.25) is 10.0 Å². The predicted octanol–water partition coefficient (Wildman–Crippen LogP) is 4.76. The summed E-state index contributed by atoms with van der Waals surface area (Å²) in [6, 6.07) is 10.4. The van der Waals surface area contributed by atoms with Crippen molar-refractivity contribution in [2.45, 2.75) is 6.92 Å². The number of fused-ring (bicyclic) bond motifs is 1. The van der Waals surface area contributed by atoms with Gasteiger partial charge in [-0.05, 0) is 48.9 Å². The van der Waals surface area contributed by atoms with Crippen LogP contribution in [-0.2, 0) is 0 Å². The fourth-order valence-electron chi connectivity index (χ4n) is 2.22. The van der Waals surface area contributed by atoms with E-state index in [0.717, 1.165) is 10.9 Å². The summed E-state index contributed by atoms with van der Waals surface area (Å²) in [6.45, 7) is 1.88. The van der Waals surface area contributed by atoms with Gasteiger partial charge in [0.25, 0.3) is 5.91 Å². The molecule has 1 N–H and O–H groups in total. The second-order valence-corrected chi connectivity index (χ2v) is 6.18. The SMILES string of the molecule is Cc1cc2cccnc2n(NC(=O)c2ccc(Cl)cc2Cl)c1=S. The van der Waals surface area contributed by atoms with E-state index in [1.807, 2.05) is 25.1 Å². The fraction of sp³-hybridized carbons (Fsp3) is 0.0625. The second kappa shape index (κ2) is 6.28. The number of benzene rings is 1. The molecule has 0 aliphatic heterocycles. The van der Waals surface area contributed by atoms with E-state index in [1.165, 1.54) is 10.7 Å². The lowest BCUT2D eigenvalue weighted by molar-refractivity contribution is 0.101. The van der Waals surface area contributed by atoms with Crippen molar-refractivity contribution < 1.29 is 4.79 Å². The topological polar surface area (TPSA) is 46.9 Å². The van der Waals surface area contributed by atoms with Gasteiger partial charge in [-0.2, -0.15) is 0 Å². The summed E-state index contributed by atoms with van der Waals surface area (Å²) >= 11 is 17.3. The molecule has 0 saturated heterocycles. The van der Waals surface area contributed by atoms with Crippen LogP contribution in [0, 0.1) is 11.6 Å². The normalized spacial score (nSPS) is 10.7. The molecule has 7 heteroatoms. The first-order chi connectivity index (χ1) is 11.0. The van der Waals surface area contributed by atoms with Gasteiger partial charge in [-0.1, -0.05) is 35.4 Å². The highest BCUT2D eigenvalue weighted by Gasteiger charge is 2.13. The van der Waals surface area contributed by atoms with Crippen LogP contribution in [0.25, 0.3) is 11.0 Å². The van der Waals surface area contributed by atoms with E-state index in [1.54, 1.807) is 18.3 Å². The van der Waals surface area contributed by atoms with Crippen molar-refractivity contribution in [3.8, 4) is 0 Å². The maximum atomic E-state index is 12.5. The van der Waals surface area contributed by atoms with Crippen molar-refractivity contribution in [1.82, 2.24) is 9.66 Å². The Balaban J connectivity index is 2.09. The Kier molecular flexibility index (Phi) is 4.35. The van der Waals surface area contributed by atoms with Gasteiger partial charge in [0.15, 0.2) is 5.65 Å². The minimum Gasteiger partial charge on any atom is -0.267 e. The third-order valence-corrected chi connectivity index (χ3v) is 4.38. The van der Waals surface area contributed by atoms with Crippen molar-refractivity contribution >= 4 is 52.4 Å². The van der Waals surface area contributed by atoms with Crippen molar-refractivity contribution in [3.63, 3.8) is 0 Å². The Hall–Kier alpha value is -1.95. The summed E-state index contributed by atoms with van der Waals surface area (Å²) in [6.07, 6.45) is 1.64. The molecule has 3 rings (SSSR count). The summed E-state index contributed by atoms with van der Waals surface area (Å²) in [5, 5.41) is 1.61. The summed E-state index contributed by atoms with van der Waals surface area (Å²) in [5.41, 5.74) is 4.50. The highest BCUT2D eigenvalue weighted by atomic mass is 35.5. The summed E-state index contributed by atoms with van der Waals surface area (Å²) in [5.74, 6) is -0.389. The minimum atomic E-state index is -0.389. The number of carbonyl (C=O) groups excluding carboxylic acids is 1. The molecule has 0 aliphatic carbocycles. The molecule has 2 aromatic heterocycles. The van der Waals surface area contributed by atoms with Crippen LogP contribution >= 0.6 is 35.4 Å². The third-order valence-electron chi connectivity index (χ3n) is 3.33. The zero-order valence-electron chi connectivity index (χ0n) is 12.0.